The van der Waals surface area contributed by atoms with E-state index in [1.165, 1.54) is 0 Å². The van der Waals surface area contributed by atoms with Crippen molar-refractivity contribution in [2.45, 2.75) is 25.9 Å². The number of aliphatic hydroxyl groups is 1. The molecular weight excluding hydrogens is 256 g/mol. The maximum atomic E-state index is 11.9. The van der Waals surface area contributed by atoms with Crippen molar-refractivity contribution in [3.05, 3.63) is 35.4 Å². The zero-order chi connectivity index (χ0) is 14.5. The zero-order valence-corrected chi connectivity index (χ0v) is 11.6. The van der Waals surface area contributed by atoms with E-state index >= 15 is 0 Å². The number of hydrogen-bond donors (Lipinski definition) is 3. The number of carbonyl (C=O) groups excluding carboxylic acids is 2. The van der Waals surface area contributed by atoms with E-state index in [1.54, 1.807) is 0 Å². The summed E-state index contributed by atoms with van der Waals surface area (Å²) in [5.41, 5.74) is 1.90. The Kier molecular flexibility index (Phi) is 4.74. The molecular formula is C15H20N2O3. The van der Waals surface area contributed by atoms with Gasteiger partial charge in [-0.05, 0) is 18.9 Å². The third-order valence-corrected chi connectivity index (χ3v) is 3.55. The van der Waals surface area contributed by atoms with Crippen LogP contribution in [0.15, 0.2) is 24.3 Å². The van der Waals surface area contributed by atoms with Crippen molar-refractivity contribution in [2.24, 2.45) is 5.92 Å². The summed E-state index contributed by atoms with van der Waals surface area (Å²) in [4.78, 5) is 23.2. The first kappa shape index (κ1) is 14.5. The van der Waals surface area contributed by atoms with Gasteiger partial charge >= 0.3 is 0 Å². The number of benzene rings is 1. The van der Waals surface area contributed by atoms with Gasteiger partial charge in [-0.3, -0.25) is 9.59 Å². The minimum Gasteiger partial charge on any atom is -0.387 e. The molecule has 1 aromatic carbocycles. The highest BCUT2D eigenvalue weighted by atomic mass is 16.3. The predicted molar refractivity (Wildman–Crippen MR) is 74.9 cm³/mol. The Hall–Kier alpha value is -1.88. The molecule has 2 amide bonds. The summed E-state index contributed by atoms with van der Waals surface area (Å²) in [6.07, 6.45) is 0.155. The maximum Gasteiger partial charge on any atom is 0.223 e. The van der Waals surface area contributed by atoms with Gasteiger partial charge in [-0.25, -0.2) is 0 Å². The third-order valence-electron chi connectivity index (χ3n) is 3.55. The second-order valence-corrected chi connectivity index (χ2v) is 5.21. The van der Waals surface area contributed by atoms with Crippen LogP contribution in [0, 0.1) is 12.8 Å². The molecule has 1 heterocycles. The van der Waals surface area contributed by atoms with Crippen LogP contribution in [0.5, 0.6) is 0 Å². The van der Waals surface area contributed by atoms with Gasteiger partial charge in [0.2, 0.25) is 11.8 Å². The molecule has 1 aromatic rings. The lowest BCUT2D eigenvalue weighted by molar-refractivity contribution is -0.132. The number of piperidine rings is 1. The smallest absolute Gasteiger partial charge is 0.223 e. The SMILES string of the molecule is Cc1ccc(C(O)CNC(=O)C2CCNC(=O)C2)cc1. The first-order chi connectivity index (χ1) is 9.56. The number of carbonyl (C=O) groups is 2. The third kappa shape index (κ3) is 3.81. The van der Waals surface area contributed by atoms with Gasteiger partial charge in [-0.2, -0.15) is 0 Å². The maximum absolute atomic E-state index is 11.9. The van der Waals surface area contributed by atoms with Crippen LogP contribution in [0.25, 0.3) is 0 Å². The fourth-order valence-corrected chi connectivity index (χ4v) is 2.26. The average molecular weight is 276 g/mol. The van der Waals surface area contributed by atoms with E-state index in [0.717, 1.165) is 11.1 Å². The largest absolute Gasteiger partial charge is 0.387 e. The van der Waals surface area contributed by atoms with Gasteiger partial charge in [-0.1, -0.05) is 29.8 Å². The van der Waals surface area contributed by atoms with Crippen molar-refractivity contribution < 1.29 is 14.7 Å². The fraction of sp³-hybridized carbons (Fsp3) is 0.467. The van der Waals surface area contributed by atoms with Crippen LogP contribution in [0.2, 0.25) is 0 Å². The molecule has 108 valence electrons. The second kappa shape index (κ2) is 6.52. The van der Waals surface area contributed by atoms with Gasteiger partial charge in [0.25, 0.3) is 0 Å². The summed E-state index contributed by atoms with van der Waals surface area (Å²) in [5.74, 6) is -0.532. The molecule has 2 rings (SSSR count). The number of nitrogens with one attached hydrogen (secondary N) is 2. The van der Waals surface area contributed by atoms with Gasteiger partial charge < -0.3 is 15.7 Å². The monoisotopic (exact) mass is 276 g/mol. The van der Waals surface area contributed by atoms with E-state index in [1.807, 2.05) is 31.2 Å². The van der Waals surface area contributed by atoms with Crippen molar-refractivity contribution in [1.29, 1.82) is 0 Å². The van der Waals surface area contributed by atoms with Crippen LogP contribution in [0.3, 0.4) is 0 Å². The van der Waals surface area contributed by atoms with Crippen LogP contribution in [-0.2, 0) is 9.59 Å². The highest BCUT2D eigenvalue weighted by molar-refractivity contribution is 5.86. The lowest BCUT2D eigenvalue weighted by Crippen LogP contribution is -2.42. The van der Waals surface area contributed by atoms with E-state index in [-0.39, 0.29) is 30.7 Å². The highest BCUT2D eigenvalue weighted by Crippen LogP contribution is 2.15. The molecule has 1 aliphatic heterocycles. The van der Waals surface area contributed by atoms with Gasteiger partial charge in [0.1, 0.15) is 0 Å². The number of amides is 2. The predicted octanol–water partition coefficient (Wildman–Crippen LogP) is 0.671. The molecule has 1 saturated heterocycles. The molecule has 20 heavy (non-hydrogen) atoms. The van der Waals surface area contributed by atoms with Crippen molar-refractivity contribution in [2.75, 3.05) is 13.1 Å². The Labute approximate surface area is 118 Å². The van der Waals surface area contributed by atoms with E-state index in [2.05, 4.69) is 10.6 Å². The second-order valence-electron chi connectivity index (χ2n) is 5.21. The van der Waals surface area contributed by atoms with Crippen LogP contribution >= 0.6 is 0 Å². The number of rotatable bonds is 4. The first-order valence-electron chi connectivity index (χ1n) is 6.85. The Morgan fingerprint density at radius 2 is 2.15 bits per heavy atom. The van der Waals surface area contributed by atoms with Crippen molar-refractivity contribution >= 4 is 11.8 Å². The fourth-order valence-electron chi connectivity index (χ4n) is 2.26. The van der Waals surface area contributed by atoms with Gasteiger partial charge in [0.05, 0.1) is 6.10 Å². The summed E-state index contributed by atoms with van der Waals surface area (Å²) >= 11 is 0. The minimum absolute atomic E-state index is 0.0875. The summed E-state index contributed by atoms with van der Waals surface area (Å²) in [6.45, 7) is 2.68. The van der Waals surface area contributed by atoms with Gasteiger partial charge in [-0.15, -0.1) is 0 Å². The van der Waals surface area contributed by atoms with Crippen LogP contribution in [-0.4, -0.2) is 30.0 Å². The molecule has 2 unspecified atom stereocenters. The molecule has 5 nitrogen and oxygen atoms in total. The molecule has 2 atom stereocenters. The lowest BCUT2D eigenvalue weighted by Gasteiger charge is -2.22. The van der Waals surface area contributed by atoms with Crippen LogP contribution in [0.1, 0.15) is 30.1 Å². The molecule has 3 N–H and O–H groups in total. The zero-order valence-electron chi connectivity index (χ0n) is 11.6. The summed E-state index contributed by atoms with van der Waals surface area (Å²) in [5, 5.41) is 15.4. The number of aliphatic hydroxyl groups excluding tert-OH is 1. The van der Waals surface area contributed by atoms with Crippen molar-refractivity contribution in [3.8, 4) is 0 Å². The lowest BCUT2D eigenvalue weighted by atomic mass is 9.96. The molecule has 1 aliphatic rings. The Balaban J connectivity index is 1.83. The number of hydrogen-bond acceptors (Lipinski definition) is 3. The highest BCUT2D eigenvalue weighted by Gasteiger charge is 2.25. The number of aryl methyl sites for hydroxylation is 1. The molecule has 0 spiro atoms. The van der Waals surface area contributed by atoms with Crippen LogP contribution in [0.4, 0.5) is 0 Å². The Morgan fingerprint density at radius 3 is 2.80 bits per heavy atom. The molecule has 0 aliphatic carbocycles. The Morgan fingerprint density at radius 1 is 1.45 bits per heavy atom. The molecule has 0 radical (unpaired) electrons. The quantitative estimate of drug-likeness (QED) is 0.756. The summed E-state index contributed by atoms with van der Waals surface area (Å²) in [7, 11) is 0. The summed E-state index contributed by atoms with van der Waals surface area (Å²) in [6, 6.07) is 7.54. The topological polar surface area (TPSA) is 78.4 Å². The molecule has 1 fully saturated rings. The first-order valence-corrected chi connectivity index (χ1v) is 6.85. The van der Waals surface area contributed by atoms with E-state index in [4.69, 9.17) is 0 Å². The van der Waals surface area contributed by atoms with Crippen molar-refractivity contribution in [1.82, 2.24) is 10.6 Å². The molecule has 0 bridgehead atoms. The molecule has 0 saturated carbocycles. The Bertz CT molecular complexity index is 484. The van der Waals surface area contributed by atoms with E-state index in [0.29, 0.717) is 13.0 Å². The van der Waals surface area contributed by atoms with Crippen molar-refractivity contribution in [3.63, 3.8) is 0 Å². The van der Waals surface area contributed by atoms with Gasteiger partial charge in [0.15, 0.2) is 0 Å². The van der Waals surface area contributed by atoms with Crippen LogP contribution < -0.4 is 10.6 Å². The summed E-state index contributed by atoms with van der Waals surface area (Å²) < 4.78 is 0. The molecule has 5 heteroatoms. The average Bonchev–Trinajstić information content (AvgIpc) is 2.45. The van der Waals surface area contributed by atoms with E-state index < -0.39 is 6.10 Å². The minimum atomic E-state index is -0.725. The normalized spacial score (nSPS) is 20.1. The van der Waals surface area contributed by atoms with Gasteiger partial charge in [0, 0.05) is 25.4 Å². The molecule has 0 aromatic heterocycles. The standard InChI is InChI=1S/C15H20N2O3/c1-10-2-4-11(5-3-10)13(18)9-17-15(20)12-6-7-16-14(19)8-12/h2-5,12-13,18H,6-9H2,1H3,(H,16,19)(H,17,20). The van der Waals surface area contributed by atoms with E-state index in [9.17, 15) is 14.7 Å².